The third kappa shape index (κ3) is 2.12. The number of halogens is 1. The molecule has 0 bridgehead atoms. The molecular formula is C10H12BrN3O. The van der Waals surface area contributed by atoms with Crippen LogP contribution in [-0.2, 0) is 4.79 Å². The van der Waals surface area contributed by atoms with Crippen LogP contribution in [0.1, 0.15) is 6.42 Å². The van der Waals surface area contributed by atoms with E-state index in [9.17, 15) is 4.79 Å². The normalized spacial score (nSPS) is 20.6. The molecule has 0 aliphatic carbocycles. The van der Waals surface area contributed by atoms with E-state index in [2.05, 4.69) is 25.8 Å². The number of aromatic nitrogens is 1. The Morgan fingerprint density at radius 2 is 2.47 bits per heavy atom. The summed E-state index contributed by atoms with van der Waals surface area (Å²) in [6.45, 7) is 1.58. The number of hydrogen-bond acceptors (Lipinski definition) is 3. The maximum atomic E-state index is 11.0. The van der Waals surface area contributed by atoms with Gasteiger partial charge < -0.3 is 10.6 Å². The van der Waals surface area contributed by atoms with Crippen LogP contribution < -0.4 is 10.6 Å². The zero-order chi connectivity index (χ0) is 10.8. The molecule has 0 radical (unpaired) electrons. The molecule has 15 heavy (non-hydrogen) atoms. The second-order valence-corrected chi connectivity index (χ2v) is 4.52. The van der Waals surface area contributed by atoms with Crippen molar-refractivity contribution < 1.29 is 4.79 Å². The summed E-state index contributed by atoms with van der Waals surface area (Å²) in [5.41, 5.74) is 6.36. The van der Waals surface area contributed by atoms with Gasteiger partial charge in [-0.2, -0.15) is 0 Å². The van der Waals surface area contributed by atoms with E-state index in [1.807, 2.05) is 6.07 Å². The van der Waals surface area contributed by atoms with Crippen molar-refractivity contribution in [3.63, 3.8) is 0 Å². The molecule has 1 aromatic rings. The van der Waals surface area contributed by atoms with Crippen molar-refractivity contribution >= 4 is 27.5 Å². The van der Waals surface area contributed by atoms with Gasteiger partial charge in [0.25, 0.3) is 0 Å². The zero-order valence-corrected chi connectivity index (χ0v) is 9.77. The summed E-state index contributed by atoms with van der Waals surface area (Å²) in [4.78, 5) is 17.2. The first-order valence-electron chi connectivity index (χ1n) is 4.82. The number of rotatable bonds is 2. The van der Waals surface area contributed by atoms with Crippen molar-refractivity contribution in [3.8, 4) is 0 Å². The molecule has 80 valence electrons. The van der Waals surface area contributed by atoms with E-state index in [0.717, 1.165) is 23.1 Å². The average molecular weight is 270 g/mol. The Morgan fingerprint density at radius 1 is 1.67 bits per heavy atom. The van der Waals surface area contributed by atoms with E-state index in [-0.39, 0.29) is 11.8 Å². The third-order valence-electron chi connectivity index (χ3n) is 2.68. The van der Waals surface area contributed by atoms with E-state index in [0.29, 0.717) is 6.54 Å². The second-order valence-electron chi connectivity index (χ2n) is 3.66. The van der Waals surface area contributed by atoms with Crippen LogP contribution in [0.25, 0.3) is 0 Å². The van der Waals surface area contributed by atoms with E-state index in [4.69, 9.17) is 5.73 Å². The number of amides is 1. The molecule has 0 spiro atoms. The van der Waals surface area contributed by atoms with E-state index >= 15 is 0 Å². The number of carbonyl (C=O) groups is 1. The maximum absolute atomic E-state index is 11.0. The summed E-state index contributed by atoms with van der Waals surface area (Å²) in [6, 6.07) is 1.94. The van der Waals surface area contributed by atoms with Crippen molar-refractivity contribution in [2.75, 3.05) is 18.0 Å². The van der Waals surface area contributed by atoms with Crippen LogP contribution >= 0.6 is 15.9 Å². The molecule has 2 heterocycles. The monoisotopic (exact) mass is 269 g/mol. The van der Waals surface area contributed by atoms with Crippen LogP contribution in [-0.4, -0.2) is 24.0 Å². The number of pyridine rings is 1. The molecule has 1 aliphatic heterocycles. The Labute approximate surface area is 96.6 Å². The molecule has 0 aromatic carbocycles. The molecule has 1 amide bonds. The first kappa shape index (κ1) is 10.4. The smallest absolute Gasteiger partial charge is 0.222 e. The highest BCUT2D eigenvalue weighted by molar-refractivity contribution is 9.10. The molecule has 0 saturated carbocycles. The Hall–Kier alpha value is -1.10. The Kier molecular flexibility index (Phi) is 2.90. The minimum Gasteiger partial charge on any atom is -0.370 e. The summed E-state index contributed by atoms with van der Waals surface area (Å²) in [7, 11) is 0. The lowest BCUT2D eigenvalue weighted by Gasteiger charge is -2.19. The van der Waals surface area contributed by atoms with E-state index in [1.165, 1.54) is 0 Å². The Bertz CT molecular complexity index is 383. The second kappa shape index (κ2) is 4.18. The number of carbonyl (C=O) groups excluding carboxylic acids is 1. The van der Waals surface area contributed by atoms with Gasteiger partial charge in [0, 0.05) is 25.5 Å². The lowest BCUT2D eigenvalue weighted by molar-refractivity contribution is -0.121. The van der Waals surface area contributed by atoms with Gasteiger partial charge >= 0.3 is 0 Å². The van der Waals surface area contributed by atoms with Crippen molar-refractivity contribution in [1.29, 1.82) is 0 Å². The molecule has 2 N–H and O–H groups in total. The minimum atomic E-state index is -0.206. The van der Waals surface area contributed by atoms with Crippen molar-refractivity contribution in [1.82, 2.24) is 4.98 Å². The topological polar surface area (TPSA) is 59.2 Å². The Morgan fingerprint density at radius 3 is 3.07 bits per heavy atom. The number of anilines is 1. The highest BCUT2D eigenvalue weighted by atomic mass is 79.9. The predicted molar refractivity (Wildman–Crippen MR) is 61.5 cm³/mol. The predicted octanol–water partition coefficient (Wildman–Crippen LogP) is 1.16. The van der Waals surface area contributed by atoms with Crippen molar-refractivity contribution in [3.05, 3.63) is 22.9 Å². The van der Waals surface area contributed by atoms with Crippen molar-refractivity contribution in [2.24, 2.45) is 11.7 Å². The van der Waals surface area contributed by atoms with Crippen LogP contribution in [0.15, 0.2) is 22.9 Å². The molecule has 1 unspecified atom stereocenters. The van der Waals surface area contributed by atoms with Gasteiger partial charge in [0.05, 0.1) is 16.1 Å². The quantitative estimate of drug-likeness (QED) is 0.877. The van der Waals surface area contributed by atoms with Crippen LogP contribution in [0.5, 0.6) is 0 Å². The third-order valence-corrected chi connectivity index (χ3v) is 3.29. The number of nitrogens with zero attached hydrogens (tertiary/aromatic N) is 2. The van der Waals surface area contributed by atoms with Gasteiger partial charge in [0.2, 0.25) is 5.91 Å². The number of hydrogen-bond donors (Lipinski definition) is 1. The summed E-state index contributed by atoms with van der Waals surface area (Å²) < 4.78 is 0.954. The van der Waals surface area contributed by atoms with Gasteiger partial charge in [-0.25, -0.2) is 0 Å². The molecule has 1 saturated heterocycles. The molecule has 1 aliphatic rings. The SMILES string of the molecule is NC(=O)C1CCN(c2ccncc2Br)C1. The van der Waals surface area contributed by atoms with Crippen LogP contribution in [0.3, 0.4) is 0 Å². The van der Waals surface area contributed by atoms with Crippen LogP contribution in [0.2, 0.25) is 0 Å². The lowest BCUT2D eigenvalue weighted by Crippen LogP contribution is -2.27. The fraction of sp³-hybridized carbons (Fsp3) is 0.400. The summed E-state index contributed by atoms with van der Waals surface area (Å²) in [5.74, 6) is -0.229. The van der Waals surface area contributed by atoms with Crippen molar-refractivity contribution in [2.45, 2.75) is 6.42 Å². The lowest BCUT2D eigenvalue weighted by atomic mass is 10.1. The van der Waals surface area contributed by atoms with Gasteiger partial charge in [-0.15, -0.1) is 0 Å². The summed E-state index contributed by atoms with van der Waals surface area (Å²) in [6.07, 6.45) is 4.34. The fourth-order valence-corrected chi connectivity index (χ4v) is 2.34. The first-order valence-corrected chi connectivity index (χ1v) is 5.61. The number of primary amides is 1. The fourth-order valence-electron chi connectivity index (χ4n) is 1.84. The molecule has 1 aromatic heterocycles. The van der Waals surface area contributed by atoms with E-state index in [1.54, 1.807) is 12.4 Å². The van der Waals surface area contributed by atoms with Gasteiger partial charge in [-0.05, 0) is 28.4 Å². The number of nitrogens with two attached hydrogens (primary N) is 1. The molecule has 4 nitrogen and oxygen atoms in total. The first-order chi connectivity index (χ1) is 7.18. The molecule has 1 atom stereocenters. The van der Waals surface area contributed by atoms with Gasteiger partial charge in [-0.1, -0.05) is 0 Å². The molecular weight excluding hydrogens is 258 g/mol. The maximum Gasteiger partial charge on any atom is 0.222 e. The highest BCUT2D eigenvalue weighted by Gasteiger charge is 2.27. The average Bonchev–Trinajstić information content (AvgIpc) is 2.67. The van der Waals surface area contributed by atoms with Crippen LogP contribution in [0, 0.1) is 5.92 Å². The molecule has 2 rings (SSSR count). The van der Waals surface area contributed by atoms with Gasteiger partial charge in [0.1, 0.15) is 0 Å². The largest absolute Gasteiger partial charge is 0.370 e. The zero-order valence-electron chi connectivity index (χ0n) is 8.19. The van der Waals surface area contributed by atoms with Gasteiger partial charge in [0.15, 0.2) is 0 Å². The van der Waals surface area contributed by atoms with Crippen LogP contribution in [0.4, 0.5) is 5.69 Å². The summed E-state index contributed by atoms with van der Waals surface area (Å²) in [5, 5.41) is 0. The van der Waals surface area contributed by atoms with Gasteiger partial charge in [-0.3, -0.25) is 9.78 Å². The highest BCUT2D eigenvalue weighted by Crippen LogP contribution is 2.29. The Balaban J connectivity index is 2.14. The molecule has 5 heteroatoms. The summed E-state index contributed by atoms with van der Waals surface area (Å²) >= 11 is 3.44. The minimum absolute atomic E-state index is 0.0231. The standard InChI is InChI=1S/C10H12BrN3O/c11-8-5-13-3-1-9(8)14-4-2-7(6-14)10(12)15/h1,3,5,7H,2,4,6H2,(H2,12,15). The van der Waals surface area contributed by atoms with E-state index < -0.39 is 0 Å². The molecule has 1 fully saturated rings.